The van der Waals surface area contributed by atoms with Crippen molar-refractivity contribution >= 4 is 29.3 Å². The highest BCUT2D eigenvalue weighted by atomic mass is 16.5. The summed E-state index contributed by atoms with van der Waals surface area (Å²) in [4.78, 5) is 42.3. The molecule has 0 unspecified atom stereocenters. The van der Waals surface area contributed by atoms with E-state index in [-0.39, 0.29) is 18.8 Å². The number of furan rings is 1. The first-order chi connectivity index (χ1) is 15.0. The van der Waals surface area contributed by atoms with E-state index in [9.17, 15) is 14.4 Å². The predicted octanol–water partition coefficient (Wildman–Crippen LogP) is 1.54. The first kappa shape index (κ1) is 20.2. The highest BCUT2D eigenvalue weighted by molar-refractivity contribution is 6.07. The van der Waals surface area contributed by atoms with E-state index in [2.05, 4.69) is 15.6 Å². The molecule has 0 spiro atoms. The molecule has 2 aromatic heterocycles. The fourth-order valence-corrected chi connectivity index (χ4v) is 3.57. The molecule has 0 radical (unpaired) electrons. The van der Waals surface area contributed by atoms with Crippen molar-refractivity contribution in [2.75, 3.05) is 20.8 Å². The lowest BCUT2D eigenvalue weighted by Gasteiger charge is -2.29. The van der Waals surface area contributed by atoms with Crippen LogP contribution in [0.15, 0.2) is 47.0 Å². The third-order valence-electron chi connectivity index (χ3n) is 5.10. The molecule has 0 aliphatic carbocycles. The van der Waals surface area contributed by atoms with Crippen molar-refractivity contribution in [3.63, 3.8) is 0 Å². The number of hydrogen-bond donors (Lipinski definition) is 2. The average Bonchev–Trinajstić information content (AvgIpc) is 3.34. The Hall–Kier alpha value is -4.08. The van der Waals surface area contributed by atoms with Crippen molar-refractivity contribution in [1.82, 2.24) is 20.5 Å². The molecule has 10 nitrogen and oxygen atoms in total. The van der Waals surface area contributed by atoms with Crippen molar-refractivity contribution in [1.29, 1.82) is 0 Å². The van der Waals surface area contributed by atoms with Gasteiger partial charge in [0.05, 0.1) is 26.2 Å². The summed E-state index contributed by atoms with van der Waals surface area (Å²) in [5, 5.41) is 5.40. The van der Waals surface area contributed by atoms with Crippen LogP contribution in [-0.4, -0.2) is 49.0 Å². The van der Waals surface area contributed by atoms with E-state index in [4.69, 9.17) is 13.9 Å². The van der Waals surface area contributed by atoms with Crippen LogP contribution in [-0.2, 0) is 21.7 Å². The molecule has 160 valence electrons. The van der Waals surface area contributed by atoms with Gasteiger partial charge in [-0.1, -0.05) is 12.1 Å². The molecule has 3 heterocycles. The van der Waals surface area contributed by atoms with Gasteiger partial charge in [0.2, 0.25) is 12.3 Å². The minimum atomic E-state index is -1.60. The van der Waals surface area contributed by atoms with Crippen LogP contribution in [0, 0.1) is 0 Å². The van der Waals surface area contributed by atoms with Gasteiger partial charge >= 0.3 is 6.03 Å². The summed E-state index contributed by atoms with van der Waals surface area (Å²) in [7, 11) is 3.03. The van der Waals surface area contributed by atoms with Gasteiger partial charge in [-0.25, -0.2) is 9.78 Å². The molecular formula is C21H20N4O6. The average molecular weight is 424 g/mol. The standard InChI is InChI=1S/C21H20N4O6/c1-29-14-5-3-13(4-6-14)10-25(12-26)11-21(19(27)23-20(28)24-21)17-9-15-16(31-17)7-8-22-18(15)30-2/h3-9,12H,10-11H2,1-2H3,(H2,23,24,27,28)/t21-/m0/s1. The third-order valence-corrected chi connectivity index (χ3v) is 5.10. The molecular weight excluding hydrogens is 404 g/mol. The van der Waals surface area contributed by atoms with Gasteiger partial charge in [-0.3, -0.25) is 14.9 Å². The van der Waals surface area contributed by atoms with Crippen LogP contribution in [0.4, 0.5) is 4.79 Å². The van der Waals surface area contributed by atoms with Crippen molar-refractivity contribution in [3.05, 3.63) is 53.9 Å². The van der Waals surface area contributed by atoms with Gasteiger partial charge in [0, 0.05) is 18.8 Å². The van der Waals surface area contributed by atoms with E-state index < -0.39 is 17.5 Å². The Kier molecular flexibility index (Phi) is 5.20. The number of carbonyl (C=O) groups is 3. The summed E-state index contributed by atoms with van der Waals surface area (Å²) in [5.41, 5.74) is -0.347. The minimum Gasteiger partial charge on any atom is -0.497 e. The number of amides is 4. The number of hydrogen-bond acceptors (Lipinski definition) is 7. The molecule has 1 atom stereocenters. The second-order valence-electron chi connectivity index (χ2n) is 7.01. The molecule has 1 aliphatic heterocycles. The summed E-state index contributed by atoms with van der Waals surface area (Å²) < 4.78 is 16.3. The number of methoxy groups -OCH3 is 2. The molecule has 31 heavy (non-hydrogen) atoms. The topological polar surface area (TPSA) is 123 Å². The molecule has 1 fully saturated rings. The number of rotatable bonds is 8. The maximum atomic E-state index is 12.9. The molecule has 1 aromatic carbocycles. The lowest BCUT2D eigenvalue weighted by Crippen LogP contribution is -2.52. The number of carbonyl (C=O) groups excluding carboxylic acids is 3. The Morgan fingerprint density at radius 2 is 1.94 bits per heavy atom. The number of aromatic nitrogens is 1. The van der Waals surface area contributed by atoms with Crippen LogP contribution >= 0.6 is 0 Å². The summed E-state index contributed by atoms with van der Waals surface area (Å²) >= 11 is 0. The van der Waals surface area contributed by atoms with Gasteiger partial charge in [0.15, 0.2) is 5.54 Å². The SMILES string of the molecule is COc1ccc(CN(C=O)C[C@@]2(c3cc4c(OC)nccc4o3)NC(=O)NC2=O)cc1. The molecule has 1 saturated heterocycles. The van der Waals surface area contributed by atoms with E-state index in [0.29, 0.717) is 29.0 Å². The Morgan fingerprint density at radius 3 is 2.55 bits per heavy atom. The molecule has 0 saturated carbocycles. The molecule has 3 aromatic rings. The van der Waals surface area contributed by atoms with E-state index in [1.165, 1.54) is 18.2 Å². The van der Waals surface area contributed by atoms with Crippen LogP contribution in [0.25, 0.3) is 11.0 Å². The van der Waals surface area contributed by atoms with Crippen molar-refractivity contribution in [3.8, 4) is 11.6 Å². The number of urea groups is 1. The number of nitrogens with zero attached hydrogens (tertiary/aromatic N) is 2. The first-order valence-corrected chi connectivity index (χ1v) is 9.38. The maximum Gasteiger partial charge on any atom is 0.322 e. The van der Waals surface area contributed by atoms with Gasteiger partial charge in [0.25, 0.3) is 5.91 Å². The normalized spacial score (nSPS) is 17.9. The summed E-state index contributed by atoms with van der Waals surface area (Å²) in [6.07, 6.45) is 2.13. The van der Waals surface area contributed by atoms with E-state index in [0.717, 1.165) is 5.56 Å². The molecule has 4 rings (SSSR count). The lowest BCUT2D eigenvalue weighted by atomic mass is 9.95. The molecule has 10 heteroatoms. The van der Waals surface area contributed by atoms with Gasteiger partial charge in [-0.15, -0.1) is 0 Å². The highest BCUT2D eigenvalue weighted by Crippen LogP contribution is 2.34. The Balaban J connectivity index is 1.70. The van der Waals surface area contributed by atoms with Crippen molar-refractivity contribution in [2.24, 2.45) is 0 Å². The third kappa shape index (κ3) is 3.63. The van der Waals surface area contributed by atoms with Gasteiger partial charge in [-0.05, 0) is 23.8 Å². The maximum absolute atomic E-state index is 12.9. The van der Waals surface area contributed by atoms with Crippen molar-refractivity contribution in [2.45, 2.75) is 12.1 Å². The number of nitrogens with one attached hydrogen (secondary N) is 2. The number of pyridine rings is 1. The first-order valence-electron chi connectivity index (χ1n) is 9.38. The fourth-order valence-electron chi connectivity index (χ4n) is 3.57. The van der Waals surface area contributed by atoms with Crippen LogP contribution in [0.2, 0.25) is 0 Å². The number of imide groups is 1. The minimum absolute atomic E-state index is 0.143. The number of fused-ring (bicyclic) bond motifs is 1. The fraction of sp³-hybridized carbons (Fsp3) is 0.238. The van der Waals surface area contributed by atoms with E-state index >= 15 is 0 Å². The second kappa shape index (κ2) is 7.98. The zero-order chi connectivity index (χ0) is 22.0. The summed E-state index contributed by atoms with van der Waals surface area (Å²) in [5.74, 6) is 0.548. The summed E-state index contributed by atoms with van der Waals surface area (Å²) in [6, 6.07) is 9.71. The predicted molar refractivity (Wildman–Crippen MR) is 108 cm³/mol. The Labute approximate surface area is 177 Å². The largest absolute Gasteiger partial charge is 0.497 e. The molecule has 4 amide bonds. The second-order valence-corrected chi connectivity index (χ2v) is 7.01. The van der Waals surface area contributed by atoms with Crippen LogP contribution in [0.1, 0.15) is 11.3 Å². The molecule has 0 bridgehead atoms. The van der Waals surface area contributed by atoms with Crippen LogP contribution < -0.4 is 20.1 Å². The monoisotopic (exact) mass is 424 g/mol. The highest BCUT2D eigenvalue weighted by Gasteiger charge is 2.51. The van der Waals surface area contributed by atoms with Crippen LogP contribution in [0.5, 0.6) is 11.6 Å². The number of benzene rings is 1. The summed E-state index contributed by atoms with van der Waals surface area (Å²) in [6.45, 7) is 0.0686. The van der Waals surface area contributed by atoms with Crippen LogP contribution in [0.3, 0.4) is 0 Å². The van der Waals surface area contributed by atoms with Gasteiger partial charge < -0.3 is 24.1 Å². The van der Waals surface area contributed by atoms with Crippen molar-refractivity contribution < 1.29 is 28.3 Å². The smallest absolute Gasteiger partial charge is 0.322 e. The van der Waals surface area contributed by atoms with Gasteiger partial charge in [0.1, 0.15) is 17.1 Å². The van der Waals surface area contributed by atoms with E-state index in [1.807, 2.05) is 12.1 Å². The zero-order valence-corrected chi connectivity index (χ0v) is 16.9. The van der Waals surface area contributed by atoms with Gasteiger partial charge in [-0.2, -0.15) is 0 Å². The zero-order valence-electron chi connectivity index (χ0n) is 16.9. The quantitative estimate of drug-likeness (QED) is 0.415. The Morgan fingerprint density at radius 1 is 1.16 bits per heavy atom. The lowest BCUT2D eigenvalue weighted by molar-refractivity contribution is -0.127. The molecule has 2 N–H and O–H groups in total. The molecule has 1 aliphatic rings. The Bertz CT molecular complexity index is 1140. The number of ether oxygens (including phenoxy) is 2. The van der Waals surface area contributed by atoms with E-state index in [1.54, 1.807) is 31.4 Å².